The Morgan fingerprint density at radius 3 is 1.39 bits per heavy atom. The van der Waals surface area contributed by atoms with Crippen molar-refractivity contribution in [2.24, 2.45) is 5.92 Å². The summed E-state index contributed by atoms with van der Waals surface area (Å²) in [5.74, 6) is 0.947. The molecule has 1 atom stereocenters. The zero-order valence-electron chi connectivity index (χ0n) is 23.3. The van der Waals surface area contributed by atoms with Crippen molar-refractivity contribution in [1.29, 1.82) is 0 Å². The summed E-state index contributed by atoms with van der Waals surface area (Å²) in [5, 5.41) is 0. The summed E-state index contributed by atoms with van der Waals surface area (Å²) in [6.07, 6.45) is 32.8. The second-order valence-corrected chi connectivity index (χ2v) is 10.7. The van der Waals surface area contributed by atoms with Crippen LogP contribution in [0.25, 0.3) is 0 Å². The van der Waals surface area contributed by atoms with E-state index in [1.54, 1.807) is 0 Å². The molecule has 0 N–H and O–H groups in total. The van der Waals surface area contributed by atoms with Crippen molar-refractivity contribution in [3.8, 4) is 0 Å². The molecule has 0 saturated heterocycles. The highest BCUT2D eigenvalue weighted by Gasteiger charge is 2.03. The third-order valence-corrected chi connectivity index (χ3v) is 7.29. The minimum absolute atomic E-state index is 0.0217. The van der Waals surface area contributed by atoms with Crippen molar-refractivity contribution >= 4 is 5.97 Å². The van der Waals surface area contributed by atoms with Gasteiger partial charge in [-0.2, -0.15) is 0 Å². The molecule has 0 saturated carbocycles. The van der Waals surface area contributed by atoms with E-state index in [0.29, 0.717) is 13.0 Å². The molecule has 0 aliphatic rings. The van der Waals surface area contributed by atoms with Crippen LogP contribution in [-0.4, -0.2) is 12.6 Å². The summed E-state index contributed by atoms with van der Waals surface area (Å²) in [4.78, 5) is 11.8. The summed E-state index contributed by atoms with van der Waals surface area (Å²) in [5.41, 5.74) is 0. The van der Waals surface area contributed by atoms with Gasteiger partial charge in [-0.05, 0) is 18.8 Å². The fourth-order valence-electron chi connectivity index (χ4n) is 4.58. The summed E-state index contributed by atoms with van der Waals surface area (Å²) < 4.78 is 5.40. The van der Waals surface area contributed by atoms with Crippen LogP contribution < -0.4 is 0 Å². The van der Waals surface area contributed by atoms with Gasteiger partial charge in [0.05, 0.1) is 6.61 Å². The van der Waals surface area contributed by atoms with Crippen molar-refractivity contribution in [3.63, 3.8) is 0 Å². The van der Waals surface area contributed by atoms with Gasteiger partial charge in [-0.15, -0.1) is 0 Å². The molecule has 0 amide bonds. The van der Waals surface area contributed by atoms with E-state index in [4.69, 9.17) is 4.74 Å². The Hall–Kier alpha value is -0.530. The van der Waals surface area contributed by atoms with E-state index < -0.39 is 0 Å². The van der Waals surface area contributed by atoms with Crippen LogP contribution in [0, 0.1) is 5.92 Å². The van der Waals surface area contributed by atoms with Gasteiger partial charge < -0.3 is 4.74 Å². The highest BCUT2D eigenvalue weighted by molar-refractivity contribution is 5.69. The first kappa shape index (κ1) is 32.5. The number of rotatable bonds is 27. The van der Waals surface area contributed by atoms with Crippen LogP contribution >= 0.6 is 0 Å². The lowest BCUT2D eigenvalue weighted by Crippen LogP contribution is -2.05. The second-order valence-electron chi connectivity index (χ2n) is 10.7. The molecule has 0 rings (SSSR count). The van der Waals surface area contributed by atoms with E-state index in [1.807, 2.05) is 0 Å². The number of esters is 1. The Bertz CT molecular complexity index is 379. The van der Waals surface area contributed by atoms with Crippen molar-refractivity contribution < 1.29 is 9.53 Å². The quantitative estimate of drug-likeness (QED) is 0.0888. The number of carbonyl (C=O) groups excluding carboxylic acids is 1. The predicted molar refractivity (Wildman–Crippen MR) is 147 cm³/mol. The van der Waals surface area contributed by atoms with Crippen molar-refractivity contribution in [3.05, 3.63) is 0 Å². The van der Waals surface area contributed by atoms with Gasteiger partial charge in [0.1, 0.15) is 0 Å². The van der Waals surface area contributed by atoms with E-state index in [0.717, 1.165) is 18.8 Å². The minimum atomic E-state index is 0.0217. The van der Waals surface area contributed by atoms with Crippen molar-refractivity contribution in [2.45, 2.75) is 181 Å². The molecule has 0 aromatic carbocycles. The molecule has 0 bridgehead atoms. The minimum Gasteiger partial charge on any atom is -0.466 e. The largest absolute Gasteiger partial charge is 0.466 e. The fraction of sp³-hybridized carbons (Fsp3) is 0.968. The number of hydrogen-bond donors (Lipinski definition) is 0. The van der Waals surface area contributed by atoms with Gasteiger partial charge in [0, 0.05) is 6.42 Å². The predicted octanol–water partition coefficient (Wildman–Crippen LogP) is 11.0. The molecule has 0 aromatic heterocycles. The molecule has 0 aliphatic heterocycles. The Balaban J connectivity index is 3.15. The first-order chi connectivity index (χ1) is 16.2. The topological polar surface area (TPSA) is 26.3 Å². The lowest BCUT2D eigenvalue weighted by molar-refractivity contribution is -0.143. The molecular formula is C31H62O2. The van der Waals surface area contributed by atoms with Gasteiger partial charge in [-0.1, -0.05) is 162 Å². The van der Waals surface area contributed by atoms with Crippen molar-refractivity contribution in [2.75, 3.05) is 6.61 Å². The summed E-state index contributed by atoms with van der Waals surface area (Å²) in [6.45, 7) is 7.59. The summed E-state index contributed by atoms with van der Waals surface area (Å²) in [7, 11) is 0. The lowest BCUT2D eigenvalue weighted by Gasteiger charge is -2.07. The highest BCUT2D eigenvalue weighted by Crippen LogP contribution is 2.16. The van der Waals surface area contributed by atoms with Crippen LogP contribution in [0.2, 0.25) is 0 Å². The molecule has 0 fully saturated rings. The molecule has 0 aromatic rings. The first-order valence-corrected chi connectivity index (χ1v) is 15.4. The van der Waals surface area contributed by atoms with Crippen LogP contribution in [0.15, 0.2) is 0 Å². The summed E-state index contributed by atoms with van der Waals surface area (Å²) in [6, 6.07) is 0. The van der Waals surface area contributed by atoms with Gasteiger partial charge in [-0.25, -0.2) is 0 Å². The molecule has 2 heteroatoms. The molecule has 2 nitrogen and oxygen atoms in total. The summed E-state index contributed by atoms with van der Waals surface area (Å²) >= 11 is 0. The molecule has 0 radical (unpaired) electrons. The zero-order valence-corrected chi connectivity index (χ0v) is 23.3. The van der Waals surface area contributed by atoms with Crippen LogP contribution in [0.1, 0.15) is 181 Å². The van der Waals surface area contributed by atoms with Gasteiger partial charge in [0.2, 0.25) is 0 Å². The zero-order chi connectivity index (χ0) is 24.2. The average molecular weight is 467 g/mol. The lowest BCUT2D eigenvalue weighted by atomic mass is 9.99. The SMILES string of the molecule is CCCCCCCCCCCC(=O)OCCCCCCCCCCCCCCCC(C)CC. The smallest absolute Gasteiger partial charge is 0.305 e. The van der Waals surface area contributed by atoms with Gasteiger partial charge in [0.15, 0.2) is 0 Å². The van der Waals surface area contributed by atoms with Crippen LogP contribution in [-0.2, 0) is 9.53 Å². The molecule has 33 heavy (non-hydrogen) atoms. The molecule has 0 heterocycles. The van der Waals surface area contributed by atoms with E-state index in [1.165, 1.54) is 141 Å². The van der Waals surface area contributed by atoms with Gasteiger partial charge in [0.25, 0.3) is 0 Å². The Morgan fingerprint density at radius 2 is 0.939 bits per heavy atom. The third-order valence-electron chi connectivity index (χ3n) is 7.29. The van der Waals surface area contributed by atoms with Crippen LogP contribution in [0.5, 0.6) is 0 Å². The van der Waals surface area contributed by atoms with Gasteiger partial charge >= 0.3 is 5.97 Å². The second kappa shape index (κ2) is 27.7. The van der Waals surface area contributed by atoms with E-state index in [-0.39, 0.29) is 5.97 Å². The number of hydrogen-bond acceptors (Lipinski definition) is 2. The molecule has 198 valence electrons. The van der Waals surface area contributed by atoms with Crippen LogP contribution in [0.4, 0.5) is 0 Å². The number of ether oxygens (including phenoxy) is 1. The molecule has 1 unspecified atom stereocenters. The monoisotopic (exact) mass is 466 g/mol. The molecule has 0 aliphatic carbocycles. The maximum atomic E-state index is 11.8. The Kier molecular flexibility index (Phi) is 27.3. The average Bonchev–Trinajstić information content (AvgIpc) is 2.82. The standard InChI is InChI=1S/C31H62O2/c1-4-6-7-8-9-15-19-22-25-28-31(32)33-29-26-23-20-17-14-12-10-11-13-16-18-21-24-27-30(3)5-2/h30H,4-29H2,1-3H3. The van der Waals surface area contributed by atoms with E-state index in [9.17, 15) is 4.79 Å². The number of unbranched alkanes of at least 4 members (excludes halogenated alkanes) is 20. The maximum Gasteiger partial charge on any atom is 0.305 e. The third kappa shape index (κ3) is 27.6. The molecule has 0 spiro atoms. The molecular weight excluding hydrogens is 404 g/mol. The van der Waals surface area contributed by atoms with E-state index >= 15 is 0 Å². The normalized spacial score (nSPS) is 12.2. The van der Waals surface area contributed by atoms with Gasteiger partial charge in [-0.3, -0.25) is 4.79 Å². The fourth-order valence-corrected chi connectivity index (χ4v) is 4.58. The Morgan fingerprint density at radius 1 is 0.545 bits per heavy atom. The van der Waals surface area contributed by atoms with Crippen molar-refractivity contribution in [1.82, 2.24) is 0 Å². The van der Waals surface area contributed by atoms with E-state index in [2.05, 4.69) is 20.8 Å². The Labute approximate surface area is 209 Å². The maximum absolute atomic E-state index is 11.8. The highest BCUT2D eigenvalue weighted by atomic mass is 16.5. The first-order valence-electron chi connectivity index (χ1n) is 15.4. The number of carbonyl (C=O) groups is 1. The van der Waals surface area contributed by atoms with Crippen LogP contribution in [0.3, 0.4) is 0 Å².